The Hall–Kier alpha value is -2.52. The van der Waals surface area contributed by atoms with E-state index >= 15 is 0 Å². The molecule has 36 heavy (non-hydrogen) atoms. The first-order valence-electron chi connectivity index (χ1n) is 13.8. The molecular formula is C31H40N2O3. The first-order valence-corrected chi connectivity index (χ1v) is 13.8. The summed E-state index contributed by atoms with van der Waals surface area (Å²) in [7, 11) is 0. The van der Waals surface area contributed by atoms with Crippen molar-refractivity contribution in [1.82, 2.24) is 9.80 Å². The van der Waals surface area contributed by atoms with E-state index in [2.05, 4.69) is 46.1 Å². The van der Waals surface area contributed by atoms with Crippen LogP contribution >= 0.6 is 0 Å². The number of ether oxygens (including phenoxy) is 3. The van der Waals surface area contributed by atoms with Crippen LogP contribution in [0.4, 0.5) is 0 Å². The summed E-state index contributed by atoms with van der Waals surface area (Å²) < 4.78 is 18.6. The van der Waals surface area contributed by atoms with Crippen molar-refractivity contribution in [2.75, 3.05) is 45.9 Å². The van der Waals surface area contributed by atoms with E-state index in [4.69, 9.17) is 20.6 Å². The molecule has 0 N–H and O–H groups in total. The van der Waals surface area contributed by atoms with Gasteiger partial charge in [0.2, 0.25) is 0 Å². The largest absolute Gasteiger partial charge is 0.484 e. The van der Waals surface area contributed by atoms with E-state index in [0.717, 1.165) is 50.6 Å². The predicted molar refractivity (Wildman–Crippen MR) is 143 cm³/mol. The zero-order valence-electron chi connectivity index (χ0n) is 21.4. The first-order chi connectivity index (χ1) is 17.8. The van der Waals surface area contributed by atoms with Crippen LogP contribution in [0.15, 0.2) is 54.6 Å². The number of benzene rings is 2. The summed E-state index contributed by atoms with van der Waals surface area (Å²) in [4.78, 5) is 5.02. The Balaban J connectivity index is 1.19. The predicted octanol–water partition coefficient (Wildman–Crippen LogP) is 5.17. The summed E-state index contributed by atoms with van der Waals surface area (Å²) in [5, 5.41) is 0. The smallest absolute Gasteiger partial charge is 0.187 e. The summed E-state index contributed by atoms with van der Waals surface area (Å²) in [6.07, 6.45) is 13.4. The van der Waals surface area contributed by atoms with Crippen molar-refractivity contribution in [2.24, 2.45) is 5.92 Å². The lowest BCUT2D eigenvalue weighted by molar-refractivity contribution is -0.0507. The van der Waals surface area contributed by atoms with E-state index in [0.29, 0.717) is 25.0 Å². The van der Waals surface area contributed by atoms with Crippen LogP contribution in [0.2, 0.25) is 0 Å². The molecule has 3 atom stereocenters. The highest BCUT2D eigenvalue weighted by molar-refractivity contribution is 5.40. The highest BCUT2D eigenvalue weighted by Crippen LogP contribution is 2.37. The van der Waals surface area contributed by atoms with E-state index in [1.165, 1.54) is 37.7 Å². The Labute approximate surface area is 216 Å². The molecule has 2 aromatic carbocycles. The van der Waals surface area contributed by atoms with Gasteiger partial charge in [0.1, 0.15) is 13.2 Å². The standard InChI is InChI=1S/C31H40N2O3/c1-2-23-34-31(26-13-7-4-8-14-26)27(25-11-5-3-6-12-25)17-18-32-19-21-33(22-20-32)30-24-35-28-15-9-10-16-29(28)36-30/h1,3,5-6,9-12,15-16,26-27,30-31H,4,7-8,13-14,17-24H2. The molecule has 2 fully saturated rings. The van der Waals surface area contributed by atoms with Crippen LogP contribution in [-0.4, -0.2) is 68.1 Å². The SMILES string of the molecule is C#CCOC(C1CCCCC1)C(CCN1CCN(C2COc3ccccc3O2)CC1)c1ccccc1. The highest BCUT2D eigenvalue weighted by atomic mass is 16.6. The van der Waals surface area contributed by atoms with Gasteiger partial charge >= 0.3 is 0 Å². The maximum absolute atomic E-state index is 6.42. The molecule has 2 heterocycles. The quantitative estimate of drug-likeness (QED) is 0.455. The third kappa shape index (κ3) is 6.24. The molecule has 5 heteroatoms. The average molecular weight is 489 g/mol. The maximum Gasteiger partial charge on any atom is 0.187 e. The Morgan fingerprint density at radius 3 is 2.39 bits per heavy atom. The minimum absolute atomic E-state index is 0.00744. The normalized spacial score (nSPS) is 23.0. The lowest BCUT2D eigenvalue weighted by Crippen LogP contribution is -2.54. The molecule has 3 aliphatic rings. The van der Waals surface area contributed by atoms with Crippen molar-refractivity contribution >= 4 is 0 Å². The molecule has 0 bridgehead atoms. The third-order valence-corrected chi connectivity index (χ3v) is 8.16. The van der Waals surface area contributed by atoms with Crippen LogP contribution < -0.4 is 9.47 Å². The summed E-state index contributed by atoms with van der Waals surface area (Å²) in [5.74, 6) is 5.39. The van der Waals surface area contributed by atoms with Crippen molar-refractivity contribution in [3.05, 3.63) is 60.2 Å². The fraction of sp³-hybridized carbons (Fsp3) is 0.548. The van der Waals surface area contributed by atoms with E-state index in [1.54, 1.807) is 0 Å². The van der Waals surface area contributed by atoms with Gasteiger partial charge in [0.25, 0.3) is 0 Å². The Morgan fingerprint density at radius 1 is 0.917 bits per heavy atom. The van der Waals surface area contributed by atoms with Gasteiger partial charge in [-0.05, 0) is 49.4 Å². The van der Waals surface area contributed by atoms with E-state index < -0.39 is 0 Å². The van der Waals surface area contributed by atoms with Crippen LogP contribution in [-0.2, 0) is 4.74 Å². The molecule has 0 aromatic heterocycles. The van der Waals surface area contributed by atoms with Gasteiger partial charge in [-0.2, -0.15) is 0 Å². The van der Waals surface area contributed by atoms with Crippen LogP contribution in [0.5, 0.6) is 11.5 Å². The Kier molecular flexibility index (Phi) is 8.82. The number of fused-ring (bicyclic) bond motifs is 1. The van der Waals surface area contributed by atoms with Crippen molar-refractivity contribution in [3.63, 3.8) is 0 Å². The molecule has 2 aromatic rings. The van der Waals surface area contributed by atoms with Crippen molar-refractivity contribution < 1.29 is 14.2 Å². The van der Waals surface area contributed by atoms with Crippen LogP contribution in [0, 0.1) is 18.3 Å². The molecular weight excluding hydrogens is 448 g/mol. The molecule has 1 aliphatic carbocycles. The molecule has 0 amide bonds. The topological polar surface area (TPSA) is 34.2 Å². The number of terminal acetylenes is 1. The fourth-order valence-electron chi connectivity index (χ4n) is 6.19. The molecule has 1 saturated heterocycles. The van der Waals surface area contributed by atoms with Gasteiger partial charge in [-0.15, -0.1) is 6.42 Å². The number of hydrogen-bond acceptors (Lipinski definition) is 5. The second kappa shape index (κ2) is 12.6. The van der Waals surface area contributed by atoms with Crippen LogP contribution in [0.3, 0.4) is 0 Å². The molecule has 192 valence electrons. The number of piperazine rings is 1. The highest BCUT2D eigenvalue weighted by Gasteiger charge is 2.34. The van der Waals surface area contributed by atoms with Crippen molar-refractivity contribution in [2.45, 2.75) is 56.8 Å². The molecule has 2 aliphatic heterocycles. The number of rotatable bonds is 9. The Bertz CT molecular complexity index is 977. The lowest BCUT2D eigenvalue weighted by atomic mass is 9.76. The maximum atomic E-state index is 6.42. The van der Waals surface area contributed by atoms with E-state index in [-0.39, 0.29) is 12.3 Å². The number of nitrogens with zero attached hydrogens (tertiary/aromatic N) is 2. The lowest BCUT2D eigenvalue weighted by Gasteiger charge is -2.41. The summed E-state index contributed by atoms with van der Waals surface area (Å²) in [5.41, 5.74) is 1.38. The summed E-state index contributed by atoms with van der Waals surface area (Å²) in [6, 6.07) is 18.9. The van der Waals surface area contributed by atoms with Gasteiger partial charge in [-0.1, -0.05) is 67.6 Å². The third-order valence-electron chi connectivity index (χ3n) is 8.16. The summed E-state index contributed by atoms with van der Waals surface area (Å²) in [6.45, 7) is 6.13. The van der Waals surface area contributed by atoms with Crippen molar-refractivity contribution in [1.29, 1.82) is 0 Å². The van der Waals surface area contributed by atoms with Gasteiger partial charge in [0, 0.05) is 32.1 Å². The molecule has 3 unspecified atom stereocenters. The molecule has 5 rings (SSSR count). The zero-order valence-corrected chi connectivity index (χ0v) is 21.4. The molecule has 0 spiro atoms. The van der Waals surface area contributed by atoms with E-state index in [9.17, 15) is 0 Å². The summed E-state index contributed by atoms with van der Waals surface area (Å²) >= 11 is 0. The minimum atomic E-state index is -0.00744. The molecule has 0 radical (unpaired) electrons. The van der Waals surface area contributed by atoms with E-state index in [1.807, 2.05) is 24.3 Å². The molecule has 5 nitrogen and oxygen atoms in total. The fourth-order valence-corrected chi connectivity index (χ4v) is 6.19. The minimum Gasteiger partial charge on any atom is -0.484 e. The van der Waals surface area contributed by atoms with Crippen molar-refractivity contribution in [3.8, 4) is 23.8 Å². The van der Waals surface area contributed by atoms with Gasteiger partial charge in [0.15, 0.2) is 17.7 Å². The second-order valence-electron chi connectivity index (χ2n) is 10.4. The van der Waals surface area contributed by atoms with Gasteiger partial charge in [-0.3, -0.25) is 4.90 Å². The van der Waals surface area contributed by atoms with Crippen LogP contribution in [0.25, 0.3) is 0 Å². The second-order valence-corrected chi connectivity index (χ2v) is 10.4. The van der Waals surface area contributed by atoms with Crippen LogP contribution in [0.1, 0.15) is 50.0 Å². The monoisotopic (exact) mass is 488 g/mol. The Morgan fingerprint density at radius 2 is 1.64 bits per heavy atom. The van der Waals surface area contributed by atoms with Gasteiger partial charge in [0.05, 0.1) is 6.10 Å². The molecule has 1 saturated carbocycles. The first kappa shape index (κ1) is 25.1. The average Bonchev–Trinajstić information content (AvgIpc) is 2.96. The van der Waals surface area contributed by atoms with Gasteiger partial charge < -0.3 is 19.1 Å². The zero-order chi connectivity index (χ0) is 24.6. The number of para-hydroxylation sites is 2. The number of hydrogen-bond donors (Lipinski definition) is 0. The van der Waals surface area contributed by atoms with Gasteiger partial charge in [-0.25, -0.2) is 0 Å².